The number of hydrogen-bond acceptors (Lipinski definition) is 2. The lowest BCUT2D eigenvalue weighted by Gasteiger charge is -2.33. The number of benzene rings is 1. The van der Waals surface area contributed by atoms with Gasteiger partial charge in [-0.05, 0) is 30.7 Å². The molecule has 1 aliphatic heterocycles. The maximum atomic E-state index is 4.28. The molecular formula is C13H12BrN3. The summed E-state index contributed by atoms with van der Waals surface area (Å²) in [6, 6.07) is 10.4. The molecule has 1 aromatic heterocycles. The Labute approximate surface area is 108 Å². The first-order valence-corrected chi connectivity index (χ1v) is 6.24. The normalized spacial score (nSPS) is 22.0. The van der Waals surface area contributed by atoms with Crippen LogP contribution in [0.2, 0.25) is 0 Å². The fraction of sp³-hybridized carbons (Fsp3) is 0.154. The standard InChI is InChI=1S/C13H12BrN3/c1-13(10-3-2-4-11(14)9-10)12-5-6-16-17(12)8-7-15-13/h2-9,15H,1H3/t13-/m1/s1. The Morgan fingerprint density at radius 1 is 1.35 bits per heavy atom. The summed E-state index contributed by atoms with van der Waals surface area (Å²) in [5, 5.41) is 7.70. The van der Waals surface area contributed by atoms with E-state index in [0.717, 1.165) is 10.2 Å². The number of aromatic nitrogens is 2. The van der Waals surface area contributed by atoms with E-state index >= 15 is 0 Å². The highest BCUT2D eigenvalue weighted by molar-refractivity contribution is 9.10. The van der Waals surface area contributed by atoms with Gasteiger partial charge in [0.25, 0.3) is 0 Å². The van der Waals surface area contributed by atoms with Gasteiger partial charge in [-0.15, -0.1) is 0 Å². The van der Waals surface area contributed by atoms with Crippen LogP contribution < -0.4 is 5.32 Å². The van der Waals surface area contributed by atoms with Gasteiger partial charge in [0.05, 0.1) is 5.69 Å². The Kier molecular flexibility index (Phi) is 2.33. The lowest BCUT2D eigenvalue weighted by molar-refractivity contribution is 0.467. The molecule has 0 unspecified atom stereocenters. The third kappa shape index (κ3) is 1.60. The second-order valence-corrected chi connectivity index (χ2v) is 5.17. The maximum Gasteiger partial charge on any atom is 0.102 e. The van der Waals surface area contributed by atoms with Gasteiger partial charge in [0.2, 0.25) is 0 Å². The number of hydrogen-bond donors (Lipinski definition) is 1. The van der Waals surface area contributed by atoms with Crippen LogP contribution in [0.4, 0.5) is 0 Å². The summed E-state index contributed by atoms with van der Waals surface area (Å²) in [5.41, 5.74) is 2.10. The van der Waals surface area contributed by atoms with Crippen molar-refractivity contribution in [1.82, 2.24) is 15.1 Å². The molecule has 0 bridgehead atoms. The van der Waals surface area contributed by atoms with Gasteiger partial charge >= 0.3 is 0 Å². The van der Waals surface area contributed by atoms with Crippen molar-refractivity contribution in [1.29, 1.82) is 0 Å². The fourth-order valence-corrected chi connectivity index (χ4v) is 2.61. The van der Waals surface area contributed by atoms with E-state index in [9.17, 15) is 0 Å². The minimum atomic E-state index is -0.241. The van der Waals surface area contributed by atoms with Gasteiger partial charge in [-0.25, -0.2) is 4.68 Å². The molecule has 1 atom stereocenters. The van der Waals surface area contributed by atoms with Gasteiger partial charge in [-0.2, -0.15) is 5.10 Å². The molecule has 0 amide bonds. The van der Waals surface area contributed by atoms with Crippen LogP contribution in [-0.2, 0) is 5.54 Å². The summed E-state index contributed by atoms with van der Waals surface area (Å²) >= 11 is 3.52. The molecule has 1 aliphatic rings. The number of nitrogens with one attached hydrogen (secondary N) is 1. The van der Waals surface area contributed by atoms with E-state index in [1.54, 1.807) is 0 Å². The number of nitrogens with zero attached hydrogens (tertiary/aromatic N) is 2. The number of fused-ring (bicyclic) bond motifs is 1. The average Bonchev–Trinajstić information content (AvgIpc) is 2.79. The monoisotopic (exact) mass is 289 g/mol. The van der Waals surface area contributed by atoms with Crippen molar-refractivity contribution in [2.75, 3.05) is 0 Å². The third-order valence-corrected chi connectivity index (χ3v) is 3.67. The lowest BCUT2D eigenvalue weighted by atomic mass is 9.88. The topological polar surface area (TPSA) is 29.9 Å². The quantitative estimate of drug-likeness (QED) is 0.875. The van der Waals surface area contributed by atoms with Gasteiger partial charge in [0, 0.05) is 23.1 Å². The molecule has 86 valence electrons. The zero-order valence-corrected chi connectivity index (χ0v) is 11.0. The molecule has 3 rings (SSSR count). The Balaban J connectivity index is 2.17. The Morgan fingerprint density at radius 3 is 3.06 bits per heavy atom. The van der Waals surface area contributed by atoms with Gasteiger partial charge in [-0.1, -0.05) is 28.1 Å². The van der Waals surface area contributed by atoms with Gasteiger partial charge < -0.3 is 5.32 Å². The summed E-state index contributed by atoms with van der Waals surface area (Å²) in [7, 11) is 0. The molecule has 17 heavy (non-hydrogen) atoms. The third-order valence-electron chi connectivity index (χ3n) is 3.17. The predicted molar refractivity (Wildman–Crippen MR) is 71.3 cm³/mol. The Morgan fingerprint density at radius 2 is 2.24 bits per heavy atom. The van der Waals surface area contributed by atoms with Gasteiger partial charge in [-0.3, -0.25) is 0 Å². The molecule has 0 saturated heterocycles. The van der Waals surface area contributed by atoms with Crippen molar-refractivity contribution in [2.45, 2.75) is 12.5 Å². The molecule has 3 nitrogen and oxygen atoms in total. The lowest BCUT2D eigenvalue weighted by Crippen LogP contribution is -2.41. The van der Waals surface area contributed by atoms with Crippen LogP contribution >= 0.6 is 15.9 Å². The molecule has 0 saturated carbocycles. The summed E-state index contributed by atoms with van der Waals surface area (Å²) in [6.45, 7) is 2.16. The van der Waals surface area contributed by atoms with Crippen LogP contribution in [0.1, 0.15) is 18.2 Å². The first kappa shape index (κ1) is 10.6. The summed E-state index contributed by atoms with van der Waals surface area (Å²) in [6.07, 6.45) is 5.68. The van der Waals surface area contributed by atoms with E-state index in [1.807, 2.05) is 41.5 Å². The highest BCUT2D eigenvalue weighted by Crippen LogP contribution is 2.32. The largest absolute Gasteiger partial charge is 0.375 e. The van der Waals surface area contributed by atoms with Crippen molar-refractivity contribution in [3.8, 4) is 0 Å². The second-order valence-electron chi connectivity index (χ2n) is 4.26. The van der Waals surface area contributed by atoms with Crippen molar-refractivity contribution < 1.29 is 0 Å². The van der Waals surface area contributed by atoms with Crippen LogP contribution in [0.3, 0.4) is 0 Å². The molecule has 2 aromatic rings. The van der Waals surface area contributed by atoms with Crippen molar-refractivity contribution in [2.24, 2.45) is 0 Å². The molecule has 0 fully saturated rings. The molecule has 0 aliphatic carbocycles. The smallest absolute Gasteiger partial charge is 0.102 e. The summed E-state index contributed by atoms with van der Waals surface area (Å²) in [5.74, 6) is 0. The zero-order valence-electron chi connectivity index (χ0n) is 9.39. The van der Waals surface area contributed by atoms with E-state index in [2.05, 4.69) is 45.4 Å². The second kappa shape index (κ2) is 3.74. The average molecular weight is 290 g/mol. The SMILES string of the molecule is C[C@]1(c2cccc(Br)c2)NC=Cn2nccc21. The molecule has 2 heterocycles. The summed E-state index contributed by atoms with van der Waals surface area (Å²) < 4.78 is 2.98. The van der Waals surface area contributed by atoms with Gasteiger partial charge in [0.1, 0.15) is 5.54 Å². The Hall–Kier alpha value is -1.55. The fourth-order valence-electron chi connectivity index (χ4n) is 2.21. The van der Waals surface area contributed by atoms with Crippen molar-refractivity contribution in [3.63, 3.8) is 0 Å². The number of halogens is 1. The van der Waals surface area contributed by atoms with E-state index in [0.29, 0.717) is 0 Å². The molecular weight excluding hydrogens is 278 g/mol. The molecule has 4 heteroatoms. The minimum Gasteiger partial charge on any atom is -0.375 e. The van der Waals surface area contributed by atoms with Crippen LogP contribution in [0.15, 0.2) is 47.2 Å². The van der Waals surface area contributed by atoms with Crippen LogP contribution in [0.25, 0.3) is 6.20 Å². The van der Waals surface area contributed by atoms with E-state index < -0.39 is 0 Å². The Bertz CT molecular complexity index is 588. The molecule has 0 spiro atoms. The minimum absolute atomic E-state index is 0.241. The number of rotatable bonds is 1. The zero-order chi connectivity index (χ0) is 11.9. The first-order valence-electron chi connectivity index (χ1n) is 5.44. The van der Waals surface area contributed by atoms with Crippen LogP contribution in [-0.4, -0.2) is 9.78 Å². The maximum absolute atomic E-state index is 4.28. The van der Waals surface area contributed by atoms with E-state index in [4.69, 9.17) is 0 Å². The van der Waals surface area contributed by atoms with Crippen LogP contribution in [0.5, 0.6) is 0 Å². The van der Waals surface area contributed by atoms with Crippen molar-refractivity contribution in [3.05, 3.63) is 58.5 Å². The first-order chi connectivity index (χ1) is 8.20. The van der Waals surface area contributed by atoms with E-state index in [1.165, 1.54) is 5.56 Å². The molecule has 0 radical (unpaired) electrons. The highest BCUT2D eigenvalue weighted by Gasteiger charge is 2.32. The van der Waals surface area contributed by atoms with Crippen LogP contribution in [0, 0.1) is 0 Å². The van der Waals surface area contributed by atoms with Gasteiger partial charge in [0.15, 0.2) is 0 Å². The predicted octanol–water partition coefficient (Wildman–Crippen LogP) is 2.94. The highest BCUT2D eigenvalue weighted by atomic mass is 79.9. The molecule has 1 aromatic carbocycles. The van der Waals surface area contributed by atoms with E-state index in [-0.39, 0.29) is 5.54 Å². The summed E-state index contributed by atoms with van der Waals surface area (Å²) in [4.78, 5) is 0. The molecule has 1 N–H and O–H groups in total. The van der Waals surface area contributed by atoms with Crippen molar-refractivity contribution >= 4 is 22.1 Å².